The lowest BCUT2D eigenvalue weighted by Crippen LogP contribution is -2.38. The number of rotatable bonds is 12. The summed E-state index contributed by atoms with van der Waals surface area (Å²) in [4.78, 5) is 12.7. The van der Waals surface area contributed by atoms with Crippen LogP contribution >= 0.6 is 0 Å². The van der Waals surface area contributed by atoms with E-state index in [0.29, 0.717) is 13.0 Å². The number of carbonyl (C=O) groups is 1. The maximum atomic E-state index is 12.7. The molecule has 0 spiro atoms. The molecule has 3 aromatic carbocycles. The van der Waals surface area contributed by atoms with Crippen LogP contribution < -0.4 is 0 Å². The third kappa shape index (κ3) is 7.56. The van der Waals surface area contributed by atoms with Crippen LogP contribution in [0.1, 0.15) is 29.2 Å². The number of benzene rings is 3. The second kappa shape index (κ2) is 13.2. The van der Waals surface area contributed by atoms with Crippen molar-refractivity contribution in [2.45, 2.75) is 31.3 Å². The highest BCUT2D eigenvalue weighted by molar-refractivity contribution is 5.87. The molecular weight excluding hydrogens is 412 g/mol. The van der Waals surface area contributed by atoms with Crippen molar-refractivity contribution in [2.24, 2.45) is 0 Å². The zero-order chi connectivity index (χ0) is 23.3. The minimum Gasteiger partial charge on any atom is -0.456 e. The first-order valence-corrected chi connectivity index (χ1v) is 11.0. The summed E-state index contributed by atoms with van der Waals surface area (Å²) in [7, 11) is 1.64. The van der Waals surface area contributed by atoms with Crippen molar-refractivity contribution in [1.82, 2.24) is 0 Å². The maximum absolute atomic E-state index is 12.7. The summed E-state index contributed by atoms with van der Waals surface area (Å²) in [5.74, 6) is -0.443. The van der Waals surface area contributed by atoms with E-state index < -0.39 is 24.3 Å². The minimum absolute atomic E-state index is 0.364. The number of ether oxygens (including phenoxy) is 3. The molecule has 0 aliphatic carbocycles. The van der Waals surface area contributed by atoms with E-state index in [4.69, 9.17) is 14.2 Å². The molecule has 3 rings (SSSR count). The van der Waals surface area contributed by atoms with Gasteiger partial charge in [-0.05, 0) is 22.8 Å². The average Bonchev–Trinajstić information content (AvgIpc) is 2.87. The minimum atomic E-state index is -0.579. The molecule has 0 radical (unpaired) electrons. The van der Waals surface area contributed by atoms with E-state index in [-0.39, 0.29) is 0 Å². The summed E-state index contributed by atoms with van der Waals surface area (Å²) < 4.78 is 18.1. The highest BCUT2D eigenvalue weighted by Gasteiger charge is 2.33. The van der Waals surface area contributed by atoms with Gasteiger partial charge in [0.2, 0.25) is 0 Å². The topological polar surface area (TPSA) is 44.8 Å². The van der Waals surface area contributed by atoms with Gasteiger partial charge in [0.1, 0.15) is 18.3 Å². The normalized spacial score (nSPS) is 13.8. The van der Waals surface area contributed by atoms with Gasteiger partial charge < -0.3 is 14.2 Å². The van der Waals surface area contributed by atoms with Crippen LogP contribution in [-0.2, 0) is 25.6 Å². The second-order valence-electron chi connectivity index (χ2n) is 7.57. The predicted octanol–water partition coefficient (Wildman–Crippen LogP) is 6.16. The van der Waals surface area contributed by atoms with Crippen molar-refractivity contribution in [3.63, 3.8) is 0 Å². The van der Waals surface area contributed by atoms with Crippen molar-refractivity contribution in [1.29, 1.82) is 0 Å². The first-order valence-electron chi connectivity index (χ1n) is 11.0. The standard InChI is InChI=1S/C29H30O4/c1-3-13-26(33-27(30)21-20-23-14-7-4-8-15-23)29(32-22-24-16-9-5-10-17-24)28(31-2)25-18-11-6-12-19-25/h3-12,14-21,26,28-29H,1,13,22H2,2H3/b21-20+/t26-,28-,29-/m1/s1. The molecule has 0 heterocycles. The zero-order valence-corrected chi connectivity index (χ0v) is 18.9. The molecule has 0 aliphatic heterocycles. The summed E-state index contributed by atoms with van der Waals surface area (Å²) in [5, 5.41) is 0. The maximum Gasteiger partial charge on any atom is 0.331 e. The Morgan fingerprint density at radius 3 is 2.12 bits per heavy atom. The second-order valence-corrected chi connectivity index (χ2v) is 7.57. The van der Waals surface area contributed by atoms with Gasteiger partial charge in [0, 0.05) is 19.6 Å². The van der Waals surface area contributed by atoms with Crippen molar-refractivity contribution >= 4 is 12.0 Å². The lowest BCUT2D eigenvalue weighted by atomic mass is 9.97. The fourth-order valence-electron chi connectivity index (χ4n) is 3.59. The van der Waals surface area contributed by atoms with E-state index >= 15 is 0 Å². The molecular formula is C29H30O4. The highest BCUT2D eigenvalue weighted by atomic mass is 16.6. The Morgan fingerprint density at radius 2 is 1.52 bits per heavy atom. The summed E-state index contributed by atoms with van der Waals surface area (Å²) in [6, 6.07) is 29.3. The fraction of sp³-hybridized carbons (Fsp3) is 0.207. The van der Waals surface area contributed by atoms with E-state index in [1.807, 2.05) is 91.0 Å². The predicted molar refractivity (Wildman–Crippen MR) is 131 cm³/mol. The van der Waals surface area contributed by atoms with Gasteiger partial charge in [-0.25, -0.2) is 4.79 Å². The van der Waals surface area contributed by atoms with Gasteiger partial charge in [0.05, 0.1) is 6.61 Å². The van der Waals surface area contributed by atoms with Gasteiger partial charge >= 0.3 is 5.97 Å². The average molecular weight is 443 g/mol. The van der Waals surface area contributed by atoms with Crippen molar-refractivity contribution in [3.05, 3.63) is 126 Å². The lowest BCUT2D eigenvalue weighted by molar-refractivity contribution is -0.164. The Bertz CT molecular complexity index is 1000. The molecule has 3 atom stereocenters. The highest BCUT2D eigenvalue weighted by Crippen LogP contribution is 2.29. The molecule has 4 nitrogen and oxygen atoms in total. The van der Waals surface area contributed by atoms with Gasteiger partial charge in [-0.15, -0.1) is 6.58 Å². The summed E-state index contributed by atoms with van der Waals surface area (Å²) >= 11 is 0. The number of carbonyl (C=O) groups excluding carboxylic acids is 1. The molecule has 0 aliphatic rings. The first kappa shape index (κ1) is 24.2. The smallest absolute Gasteiger partial charge is 0.331 e. The Kier molecular flexibility index (Phi) is 9.64. The summed E-state index contributed by atoms with van der Waals surface area (Å²) in [5.41, 5.74) is 2.90. The Morgan fingerprint density at radius 1 is 0.909 bits per heavy atom. The largest absolute Gasteiger partial charge is 0.456 e. The van der Waals surface area contributed by atoms with E-state index in [2.05, 4.69) is 6.58 Å². The first-order chi connectivity index (χ1) is 16.2. The molecule has 33 heavy (non-hydrogen) atoms. The fourth-order valence-corrected chi connectivity index (χ4v) is 3.59. The van der Waals surface area contributed by atoms with Gasteiger partial charge in [-0.2, -0.15) is 0 Å². The Labute approximate surface area is 196 Å². The van der Waals surface area contributed by atoms with Crippen LogP contribution in [0.3, 0.4) is 0 Å². The third-order valence-corrected chi connectivity index (χ3v) is 5.21. The molecule has 170 valence electrons. The van der Waals surface area contributed by atoms with Gasteiger partial charge in [-0.3, -0.25) is 0 Å². The number of esters is 1. The molecule has 0 bridgehead atoms. The molecule has 0 fully saturated rings. The molecule has 0 amide bonds. The van der Waals surface area contributed by atoms with Gasteiger partial charge in [-0.1, -0.05) is 97.1 Å². The van der Waals surface area contributed by atoms with E-state index in [1.54, 1.807) is 19.3 Å². The van der Waals surface area contributed by atoms with Crippen LogP contribution in [0.15, 0.2) is 110 Å². The van der Waals surface area contributed by atoms with Crippen LogP contribution in [0.5, 0.6) is 0 Å². The molecule has 0 unspecified atom stereocenters. The molecule has 3 aromatic rings. The van der Waals surface area contributed by atoms with E-state index in [0.717, 1.165) is 16.7 Å². The zero-order valence-electron chi connectivity index (χ0n) is 18.9. The van der Waals surface area contributed by atoms with Crippen LogP contribution in [0.2, 0.25) is 0 Å². The van der Waals surface area contributed by atoms with E-state index in [1.165, 1.54) is 6.08 Å². The molecule has 0 N–H and O–H groups in total. The molecule has 4 heteroatoms. The van der Waals surface area contributed by atoms with Crippen molar-refractivity contribution in [2.75, 3.05) is 7.11 Å². The summed E-state index contributed by atoms with van der Waals surface area (Å²) in [6.45, 7) is 4.22. The quantitative estimate of drug-likeness (QED) is 0.191. The number of hydrogen-bond donors (Lipinski definition) is 0. The monoisotopic (exact) mass is 442 g/mol. The van der Waals surface area contributed by atoms with Crippen molar-refractivity contribution in [3.8, 4) is 0 Å². The number of methoxy groups -OCH3 is 1. The molecule has 0 saturated heterocycles. The molecule has 0 saturated carbocycles. The SMILES string of the molecule is C=CC[C@@H](OC(=O)/C=C/c1ccccc1)[C@@H](OCc1ccccc1)[C@H](OC)c1ccccc1. The van der Waals surface area contributed by atoms with Crippen LogP contribution in [-0.4, -0.2) is 25.3 Å². The summed E-state index contributed by atoms with van der Waals surface area (Å²) in [6.07, 6.45) is 3.79. The van der Waals surface area contributed by atoms with Crippen molar-refractivity contribution < 1.29 is 19.0 Å². The molecule has 0 aromatic heterocycles. The Hall–Kier alpha value is -3.47. The third-order valence-electron chi connectivity index (χ3n) is 5.21. The van der Waals surface area contributed by atoms with E-state index in [9.17, 15) is 4.79 Å². The Balaban J connectivity index is 1.82. The lowest BCUT2D eigenvalue weighted by Gasteiger charge is -2.32. The van der Waals surface area contributed by atoms with Crippen LogP contribution in [0, 0.1) is 0 Å². The van der Waals surface area contributed by atoms with Gasteiger partial charge in [0.15, 0.2) is 0 Å². The number of hydrogen-bond acceptors (Lipinski definition) is 4. The van der Waals surface area contributed by atoms with Gasteiger partial charge in [0.25, 0.3) is 0 Å². The van der Waals surface area contributed by atoms with Crippen LogP contribution in [0.4, 0.5) is 0 Å². The van der Waals surface area contributed by atoms with Crippen LogP contribution in [0.25, 0.3) is 6.08 Å².